The number of ether oxygens (including phenoxy) is 1. The largest absolute Gasteiger partial charge is 0.456 e. The van der Waals surface area contributed by atoms with Crippen LogP contribution in [0.15, 0.2) is 21.5 Å². The third-order valence-corrected chi connectivity index (χ3v) is 4.21. The molecule has 10 heteroatoms. The number of hydrogen-bond acceptors (Lipinski definition) is 6. The highest BCUT2D eigenvalue weighted by Crippen LogP contribution is 2.31. The predicted octanol–water partition coefficient (Wildman–Crippen LogP) is 1.96. The summed E-state index contributed by atoms with van der Waals surface area (Å²) in [5, 5.41) is 15.8. The number of nitro groups is 1. The van der Waals surface area contributed by atoms with Crippen LogP contribution >= 0.6 is 15.9 Å². The van der Waals surface area contributed by atoms with E-state index in [-0.39, 0.29) is 10.0 Å². The summed E-state index contributed by atoms with van der Waals surface area (Å²) in [5.41, 5.74) is -1.71. The molecular weight excluding hydrogens is 368 g/mol. The van der Waals surface area contributed by atoms with Crippen LogP contribution in [0, 0.1) is 10.1 Å². The summed E-state index contributed by atoms with van der Waals surface area (Å²) in [7, 11) is -4.25. The number of halogens is 1. The van der Waals surface area contributed by atoms with E-state index in [1.807, 2.05) is 0 Å². The van der Waals surface area contributed by atoms with Gasteiger partial charge < -0.3 is 4.74 Å². The number of esters is 1. The lowest BCUT2D eigenvalue weighted by molar-refractivity contribution is -0.385. The van der Waals surface area contributed by atoms with E-state index in [1.54, 1.807) is 20.8 Å². The van der Waals surface area contributed by atoms with Gasteiger partial charge in [0.15, 0.2) is 0 Å². The lowest BCUT2D eigenvalue weighted by atomic mass is 10.1. The van der Waals surface area contributed by atoms with Crippen molar-refractivity contribution in [3.63, 3.8) is 0 Å². The number of nitrogens with two attached hydrogens (primary N) is 1. The van der Waals surface area contributed by atoms with Crippen molar-refractivity contribution in [1.29, 1.82) is 0 Å². The number of carbonyl (C=O) groups excluding carboxylic acids is 1. The van der Waals surface area contributed by atoms with Crippen LogP contribution in [0.2, 0.25) is 0 Å². The number of carbonyl (C=O) groups is 1. The number of benzene rings is 1. The number of hydrogen-bond donors (Lipinski definition) is 1. The normalized spacial score (nSPS) is 12.0. The zero-order valence-electron chi connectivity index (χ0n) is 11.4. The standard InChI is InChI=1S/C11H13BrN2O6S/c1-11(2,3)20-10(15)7-4-6(14(16)17)5-8(9(7)12)21(13,18)19/h4-5H,1-3H3,(H2,13,18,19). The zero-order chi connectivity index (χ0) is 16.6. The first-order valence-electron chi connectivity index (χ1n) is 5.57. The predicted molar refractivity (Wildman–Crippen MR) is 77.3 cm³/mol. The highest BCUT2D eigenvalue weighted by Gasteiger charge is 2.27. The summed E-state index contributed by atoms with van der Waals surface area (Å²) in [6, 6.07) is 1.69. The first kappa shape index (κ1) is 17.5. The Labute approximate surface area is 129 Å². The molecule has 116 valence electrons. The molecule has 0 heterocycles. The third-order valence-electron chi connectivity index (χ3n) is 2.16. The summed E-state index contributed by atoms with van der Waals surface area (Å²) in [6.07, 6.45) is 0. The van der Waals surface area contributed by atoms with E-state index in [0.29, 0.717) is 0 Å². The Kier molecular flexibility index (Phi) is 4.76. The minimum atomic E-state index is -4.25. The van der Waals surface area contributed by atoms with Crippen molar-refractivity contribution < 1.29 is 22.9 Å². The SMILES string of the molecule is CC(C)(C)OC(=O)c1cc([N+](=O)[O-])cc(S(N)(=O)=O)c1Br. The molecular formula is C11H13BrN2O6S. The number of non-ortho nitro benzene ring substituents is 1. The fourth-order valence-electron chi connectivity index (χ4n) is 1.38. The molecule has 1 aromatic carbocycles. The van der Waals surface area contributed by atoms with Crippen LogP contribution in [0.3, 0.4) is 0 Å². The lowest BCUT2D eigenvalue weighted by Gasteiger charge is -2.20. The monoisotopic (exact) mass is 380 g/mol. The van der Waals surface area contributed by atoms with Gasteiger partial charge in [-0.3, -0.25) is 10.1 Å². The van der Waals surface area contributed by atoms with Gasteiger partial charge in [0.05, 0.1) is 15.0 Å². The van der Waals surface area contributed by atoms with Crippen molar-refractivity contribution in [1.82, 2.24) is 0 Å². The van der Waals surface area contributed by atoms with Gasteiger partial charge in [0.1, 0.15) is 10.5 Å². The Hall–Kier alpha value is -1.52. The number of sulfonamides is 1. The van der Waals surface area contributed by atoms with E-state index in [2.05, 4.69) is 15.9 Å². The van der Waals surface area contributed by atoms with Gasteiger partial charge in [-0.2, -0.15) is 0 Å². The molecule has 1 aromatic rings. The Morgan fingerprint density at radius 3 is 2.29 bits per heavy atom. The maximum absolute atomic E-state index is 12.0. The zero-order valence-corrected chi connectivity index (χ0v) is 13.8. The van der Waals surface area contributed by atoms with Gasteiger partial charge in [0.2, 0.25) is 10.0 Å². The Bertz CT molecular complexity index is 708. The van der Waals surface area contributed by atoms with Crippen molar-refractivity contribution in [2.75, 3.05) is 0 Å². The average molecular weight is 381 g/mol. The van der Waals surface area contributed by atoms with Crippen LogP contribution in [0.4, 0.5) is 5.69 Å². The minimum Gasteiger partial charge on any atom is -0.456 e. The first-order valence-corrected chi connectivity index (χ1v) is 7.91. The third kappa shape index (κ3) is 4.48. The summed E-state index contributed by atoms with van der Waals surface area (Å²) in [5.74, 6) is -0.900. The molecule has 0 aliphatic carbocycles. The Morgan fingerprint density at radius 1 is 1.38 bits per heavy atom. The van der Waals surface area contributed by atoms with Crippen LogP contribution in [-0.2, 0) is 14.8 Å². The van der Waals surface area contributed by atoms with Crippen LogP contribution in [0.5, 0.6) is 0 Å². The van der Waals surface area contributed by atoms with E-state index in [1.165, 1.54) is 0 Å². The molecule has 21 heavy (non-hydrogen) atoms. The molecule has 0 amide bonds. The van der Waals surface area contributed by atoms with E-state index < -0.39 is 37.1 Å². The van der Waals surface area contributed by atoms with E-state index in [9.17, 15) is 23.3 Å². The fourth-order valence-corrected chi connectivity index (χ4v) is 3.09. The lowest BCUT2D eigenvalue weighted by Crippen LogP contribution is -2.24. The van der Waals surface area contributed by atoms with Crippen LogP contribution in [0.25, 0.3) is 0 Å². The number of nitro benzene ring substituents is 1. The molecule has 0 radical (unpaired) electrons. The Morgan fingerprint density at radius 2 is 1.90 bits per heavy atom. The summed E-state index contributed by atoms with van der Waals surface area (Å²) < 4.78 is 27.8. The number of primary sulfonamides is 1. The second-order valence-corrected chi connectivity index (χ2v) is 7.43. The first-order chi connectivity index (χ1) is 9.33. The van der Waals surface area contributed by atoms with Crippen molar-refractivity contribution in [2.24, 2.45) is 5.14 Å². The van der Waals surface area contributed by atoms with Crippen molar-refractivity contribution >= 4 is 37.6 Å². The minimum absolute atomic E-state index is 0.176. The maximum Gasteiger partial charge on any atom is 0.340 e. The van der Waals surface area contributed by atoms with Gasteiger partial charge in [0.25, 0.3) is 5.69 Å². The van der Waals surface area contributed by atoms with E-state index in [0.717, 1.165) is 12.1 Å². The van der Waals surface area contributed by atoms with Crippen LogP contribution in [-0.4, -0.2) is 24.9 Å². The second kappa shape index (κ2) is 5.70. The topological polar surface area (TPSA) is 130 Å². The van der Waals surface area contributed by atoms with Crippen molar-refractivity contribution in [2.45, 2.75) is 31.3 Å². The van der Waals surface area contributed by atoms with Gasteiger partial charge in [-0.05, 0) is 36.7 Å². The molecule has 0 aliphatic heterocycles. The van der Waals surface area contributed by atoms with Crippen LogP contribution in [0.1, 0.15) is 31.1 Å². The van der Waals surface area contributed by atoms with E-state index >= 15 is 0 Å². The van der Waals surface area contributed by atoms with Crippen molar-refractivity contribution in [3.05, 3.63) is 32.3 Å². The maximum atomic E-state index is 12.0. The molecule has 0 unspecified atom stereocenters. The average Bonchev–Trinajstić information content (AvgIpc) is 2.24. The van der Waals surface area contributed by atoms with Gasteiger partial charge >= 0.3 is 5.97 Å². The number of rotatable bonds is 3. The van der Waals surface area contributed by atoms with E-state index in [4.69, 9.17) is 9.88 Å². The number of nitrogens with zero attached hydrogens (tertiary/aromatic N) is 1. The molecule has 0 saturated heterocycles. The molecule has 0 saturated carbocycles. The quantitative estimate of drug-likeness (QED) is 0.484. The highest BCUT2D eigenvalue weighted by atomic mass is 79.9. The molecule has 8 nitrogen and oxygen atoms in total. The molecule has 0 aromatic heterocycles. The Balaban J connectivity index is 3.55. The molecule has 1 rings (SSSR count). The van der Waals surface area contributed by atoms with Gasteiger partial charge in [-0.1, -0.05) is 0 Å². The van der Waals surface area contributed by atoms with Crippen LogP contribution < -0.4 is 5.14 Å². The smallest absolute Gasteiger partial charge is 0.340 e. The highest BCUT2D eigenvalue weighted by molar-refractivity contribution is 9.10. The van der Waals surface area contributed by atoms with Gasteiger partial charge in [-0.15, -0.1) is 0 Å². The molecule has 0 fully saturated rings. The van der Waals surface area contributed by atoms with Gasteiger partial charge in [0, 0.05) is 12.1 Å². The molecule has 2 N–H and O–H groups in total. The second-order valence-electron chi connectivity index (χ2n) is 5.11. The fraction of sp³-hybridized carbons (Fsp3) is 0.364. The molecule has 0 aliphatic rings. The summed E-state index contributed by atoms with van der Waals surface area (Å²) in [4.78, 5) is 21.5. The van der Waals surface area contributed by atoms with Gasteiger partial charge in [-0.25, -0.2) is 18.4 Å². The molecule has 0 spiro atoms. The summed E-state index contributed by atoms with van der Waals surface area (Å²) >= 11 is 2.93. The molecule has 0 bridgehead atoms. The molecule has 0 atom stereocenters. The van der Waals surface area contributed by atoms with Crippen molar-refractivity contribution in [3.8, 4) is 0 Å². The summed E-state index contributed by atoms with van der Waals surface area (Å²) in [6.45, 7) is 4.82.